The summed E-state index contributed by atoms with van der Waals surface area (Å²) in [5.74, 6) is -7.36. The maximum Gasteiger partial charge on any atom is 0.246 e. The molecule has 21 heteroatoms. The molecular formula is C33H55N9O11S. The lowest BCUT2D eigenvalue weighted by Gasteiger charge is -2.31. The monoisotopic (exact) mass is 785 g/mol. The quantitative estimate of drug-likeness (QED) is 0.0411. The Balaban J connectivity index is 3.27. The van der Waals surface area contributed by atoms with E-state index in [0.29, 0.717) is 23.4 Å². The summed E-state index contributed by atoms with van der Waals surface area (Å²) >= 11 is 0.998. The van der Waals surface area contributed by atoms with E-state index >= 15 is 0 Å². The Hall–Kier alpha value is -4.57. The van der Waals surface area contributed by atoms with Crippen LogP contribution >= 0.6 is 11.8 Å². The van der Waals surface area contributed by atoms with Crippen LogP contribution in [0.15, 0.2) is 23.9 Å². The highest BCUT2D eigenvalue weighted by atomic mass is 32.2. The van der Waals surface area contributed by atoms with Crippen LogP contribution in [0.25, 0.3) is 0 Å². The summed E-state index contributed by atoms with van der Waals surface area (Å²) in [6.07, 6.45) is -2.73. The molecule has 1 rings (SSSR count). The van der Waals surface area contributed by atoms with E-state index in [4.69, 9.17) is 11.5 Å². The van der Waals surface area contributed by atoms with Crippen molar-refractivity contribution in [3.05, 3.63) is 23.9 Å². The molecule has 1 aliphatic rings. The topological polar surface area (TPSA) is 325 Å². The molecule has 0 saturated carbocycles. The van der Waals surface area contributed by atoms with Crippen molar-refractivity contribution < 1.29 is 53.7 Å². The number of hydrogen-bond acceptors (Lipinski definition) is 14. The van der Waals surface area contributed by atoms with Crippen LogP contribution in [-0.2, 0) is 38.4 Å². The van der Waals surface area contributed by atoms with Gasteiger partial charge in [-0.25, -0.2) is 0 Å². The fourth-order valence-electron chi connectivity index (χ4n) is 5.23. The number of nitrogens with two attached hydrogens (primary N) is 2. The predicted molar refractivity (Wildman–Crippen MR) is 197 cm³/mol. The van der Waals surface area contributed by atoms with E-state index in [0.717, 1.165) is 16.7 Å². The summed E-state index contributed by atoms with van der Waals surface area (Å²) in [6, 6.07) is -6.75. The molecule has 0 aromatic carbocycles. The number of carbonyl (C=O) groups excluding carboxylic acids is 8. The third kappa shape index (κ3) is 15.4. The van der Waals surface area contributed by atoms with Gasteiger partial charge in [0.05, 0.1) is 49.4 Å². The van der Waals surface area contributed by atoms with Crippen molar-refractivity contribution in [3.63, 3.8) is 0 Å². The Morgan fingerprint density at radius 2 is 1.65 bits per heavy atom. The lowest BCUT2D eigenvalue weighted by atomic mass is 9.96. The van der Waals surface area contributed by atoms with Crippen LogP contribution in [0.2, 0.25) is 0 Å². The number of thioether (sulfide) groups is 1. The minimum atomic E-state index is -1.68. The van der Waals surface area contributed by atoms with Gasteiger partial charge in [-0.15, -0.1) is 11.8 Å². The number of rotatable bonds is 24. The first-order valence-electron chi connectivity index (χ1n) is 17.2. The van der Waals surface area contributed by atoms with E-state index in [1.807, 2.05) is 0 Å². The van der Waals surface area contributed by atoms with Gasteiger partial charge in [0, 0.05) is 30.3 Å². The summed E-state index contributed by atoms with van der Waals surface area (Å²) in [5, 5.41) is 45.0. The molecule has 0 radical (unpaired) electrons. The maximum absolute atomic E-state index is 13.8. The smallest absolute Gasteiger partial charge is 0.246 e. The molecule has 0 aliphatic carbocycles. The molecule has 0 aromatic heterocycles. The first kappa shape index (κ1) is 47.5. The van der Waals surface area contributed by atoms with E-state index in [2.05, 4.69) is 45.1 Å². The highest BCUT2D eigenvalue weighted by Gasteiger charge is 2.43. The van der Waals surface area contributed by atoms with Crippen molar-refractivity contribution >= 4 is 59.4 Å². The summed E-state index contributed by atoms with van der Waals surface area (Å²) in [4.78, 5) is 103. The van der Waals surface area contributed by atoms with E-state index in [1.165, 1.54) is 6.92 Å². The number of allylic oxidation sites excluding steroid dienone is 1. The second kappa shape index (κ2) is 23.3. The summed E-state index contributed by atoms with van der Waals surface area (Å²) in [5.41, 5.74) is 11.3. The second-order valence-electron chi connectivity index (χ2n) is 13.0. The second-order valence-corrected chi connectivity index (χ2v) is 14.1. The first-order valence-corrected chi connectivity index (χ1v) is 18.2. The molecule has 304 valence electrons. The van der Waals surface area contributed by atoms with Gasteiger partial charge >= 0.3 is 0 Å². The Morgan fingerprint density at radius 3 is 2.19 bits per heavy atom. The number of primary amides is 1. The molecule has 3 unspecified atom stereocenters. The zero-order valence-electron chi connectivity index (χ0n) is 31.0. The van der Waals surface area contributed by atoms with Gasteiger partial charge < -0.3 is 68.4 Å². The van der Waals surface area contributed by atoms with Crippen LogP contribution in [0.3, 0.4) is 0 Å². The van der Waals surface area contributed by atoms with Gasteiger partial charge in [-0.2, -0.15) is 0 Å². The fraction of sp³-hybridized carbons (Fsp3) is 0.636. The number of β-amino-alcohol motifs (C(OH)–C–C–N with tert-alkyl or cyclic N) is 1. The van der Waals surface area contributed by atoms with Gasteiger partial charge in [-0.3, -0.25) is 33.6 Å². The van der Waals surface area contributed by atoms with Crippen LogP contribution in [0, 0.1) is 11.8 Å². The Kier molecular flexibility index (Phi) is 20.4. The van der Waals surface area contributed by atoms with Crippen LogP contribution in [-0.4, -0.2) is 142 Å². The molecule has 9 atom stereocenters. The molecule has 1 heterocycles. The maximum atomic E-state index is 13.8. The molecule has 1 fully saturated rings. The number of likely N-dealkylation sites (tertiary alicyclic amines) is 1. The highest BCUT2D eigenvalue weighted by Crippen LogP contribution is 2.21. The lowest BCUT2D eigenvalue weighted by Crippen LogP contribution is -2.59. The Labute approximate surface area is 318 Å². The number of hydrogen-bond donors (Lipinski definition) is 11. The van der Waals surface area contributed by atoms with Crippen LogP contribution in [0.1, 0.15) is 47.0 Å². The van der Waals surface area contributed by atoms with E-state index < -0.39 is 116 Å². The van der Waals surface area contributed by atoms with Crippen molar-refractivity contribution in [3.8, 4) is 0 Å². The largest absolute Gasteiger partial charge is 0.394 e. The minimum absolute atomic E-state index is 0.178. The molecule has 20 nitrogen and oxygen atoms in total. The minimum Gasteiger partial charge on any atom is -0.394 e. The number of nitrogens with one attached hydrogen (secondary N) is 6. The molecule has 1 saturated heterocycles. The fourth-order valence-corrected chi connectivity index (χ4v) is 6.08. The number of aliphatic hydroxyl groups is 3. The van der Waals surface area contributed by atoms with Crippen molar-refractivity contribution in [2.45, 2.75) is 89.4 Å². The van der Waals surface area contributed by atoms with Gasteiger partial charge in [0.1, 0.15) is 30.5 Å². The number of nitrogens with zero attached hydrogens (tertiary/aromatic N) is 1. The van der Waals surface area contributed by atoms with E-state index in [9.17, 15) is 53.7 Å². The standard InChI is InChI=1S/C33H55N9O11S/c1-7-17(4)29(41-27(48)10-34)32(52)36-11-28(49)38-23(15-54-19(6)37-16(2)3)30(50)39-21(9-26(35)47)33(53)42-12-20(45)8-24(42)31(51)40-22(13-43)18(5)25(46)14-44/h13,17-18,20-25,29,37,44-46H,2,6-12,14-15,34H2,1,3-5H3,(H2,35,47)(H,36,52)(H,38,49)(H,39,50)(H,40,51)(H,41,48)/t17-,18+,20+,21-,22+,23?,24-,25?,29?/m0/s1. The number of amides is 7. The van der Waals surface area contributed by atoms with Gasteiger partial charge in [-0.05, 0) is 12.8 Å². The van der Waals surface area contributed by atoms with Gasteiger partial charge in [0.2, 0.25) is 41.4 Å². The summed E-state index contributed by atoms with van der Waals surface area (Å²) in [7, 11) is 0. The van der Waals surface area contributed by atoms with Crippen LogP contribution in [0.5, 0.6) is 0 Å². The van der Waals surface area contributed by atoms with Crippen molar-refractivity contribution in [1.29, 1.82) is 0 Å². The highest BCUT2D eigenvalue weighted by molar-refractivity contribution is 8.03. The molecule has 0 bridgehead atoms. The summed E-state index contributed by atoms with van der Waals surface area (Å²) in [6.45, 7) is 12.1. The Bertz CT molecular complexity index is 1400. The molecule has 0 aromatic rings. The van der Waals surface area contributed by atoms with Crippen molar-refractivity contribution in [2.75, 3.05) is 32.0 Å². The number of aliphatic hydroxyl groups excluding tert-OH is 3. The molecule has 7 amide bonds. The normalized spacial score (nSPS) is 19.0. The predicted octanol–water partition coefficient (Wildman–Crippen LogP) is -4.60. The van der Waals surface area contributed by atoms with Crippen molar-refractivity contribution in [2.24, 2.45) is 23.3 Å². The number of carbonyl (C=O) groups is 8. The van der Waals surface area contributed by atoms with E-state index in [1.54, 1.807) is 20.8 Å². The van der Waals surface area contributed by atoms with Gasteiger partial charge in [0.15, 0.2) is 0 Å². The molecular weight excluding hydrogens is 730 g/mol. The molecule has 13 N–H and O–H groups in total. The average molecular weight is 786 g/mol. The van der Waals surface area contributed by atoms with Crippen LogP contribution in [0.4, 0.5) is 0 Å². The van der Waals surface area contributed by atoms with Crippen LogP contribution < -0.4 is 43.4 Å². The zero-order valence-corrected chi connectivity index (χ0v) is 31.8. The third-order valence-corrected chi connectivity index (χ3v) is 9.50. The van der Waals surface area contributed by atoms with E-state index in [-0.39, 0.29) is 24.6 Å². The Morgan fingerprint density at radius 1 is 1.00 bits per heavy atom. The molecule has 54 heavy (non-hydrogen) atoms. The lowest BCUT2D eigenvalue weighted by molar-refractivity contribution is -0.143. The molecule has 0 spiro atoms. The number of aldehydes is 1. The third-order valence-electron chi connectivity index (χ3n) is 8.55. The first-order chi connectivity index (χ1) is 25.3. The zero-order chi connectivity index (χ0) is 41.3. The SMILES string of the molecule is C=C(C)NC(=C)SCC(NC(=O)CNC(=O)C(NC(=O)CN)[C@@H](C)CC)C(=O)N[C@@H](CC(N)=O)C(=O)N1C[C@H](O)C[C@H]1C(=O)N[C@H](C=O)[C@@H](C)C(O)CO. The summed E-state index contributed by atoms with van der Waals surface area (Å²) < 4.78 is 0. The van der Waals surface area contributed by atoms with Gasteiger partial charge in [-0.1, -0.05) is 40.3 Å². The van der Waals surface area contributed by atoms with Crippen molar-refractivity contribution in [1.82, 2.24) is 36.8 Å². The van der Waals surface area contributed by atoms with Gasteiger partial charge in [0.25, 0.3) is 0 Å². The average Bonchev–Trinajstić information content (AvgIpc) is 3.52. The molecule has 1 aliphatic heterocycles.